The van der Waals surface area contributed by atoms with Gasteiger partial charge < -0.3 is 14.2 Å². The predicted molar refractivity (Wildman–Crippen MR) is 152 cm³/mol. The molecular weight excluding hydrogens is 512 g/mol. The lowest BCUT2D eigenvalue weighted by Crippen LogP contribution is -2.25. The summed E-state index contributed by atoms with van der Waals surface area (Å²) in [6, 6.07) is 17.0. The number of non-ortho nitro benzene ring substituents is 1. The highest BCUT2D eigenvalue weighted by atomic mass is 16.6. The van der Waals surface area contributed by atoms with E-state index in [1.807, 2.05) is 18.2 Å². The van der Waals surface area contributed by atoms with E-state index in [9.17, 15) is 14.9 Å². The number of methoxy groups -OCH3 is 2. The summed E-state index contributed by atoms with van der Waals surface area (Å²) in [4.78, 5) is 28.8. The number of aromatic nitrogens is 2. The summed E-state index contributed by atoms with van der Waals surface area (Å²) in [7, 11) is 3.04. The normalized spacial score (nSPS) is 13.9. The van der Waals surface area contributed by atoms with Crippen LogP contribution in [0.5, 0.6) is 17.2 Å². The number of hydrogen-bond donors (Lipinski definition) is 0. The fraction of sp³-hybridized carbons (Fsp3) is 0.300. The van der Waals surface area contributed by atoms with Gasteiger partial charge in [-0.2, -0.15) is 9.78 Å². The first-order chi connectivity index (χ1) is 19.5. The summed E-state index contributed by atoms with van der Waals surface area (Å²) in [5, 5.41) is 16.0. The Bertz CT molecular complexity index is 1580. The molecule has 1 saturated carbocycles. The summed E-state index contributed by atoms with van der Waals surface area (Å²) in [5.74, 6) is 2.07. The van der Waals surface area contributed by atoms with Crippen LogP contribution in [0, 0.1) is 10.1 Å². The van der Waals surface area contributed by atoms with E-state index in [1.54, 1.807) is 36.5 Å². The maximum atomic E-state index is 13.5. The fourth-order valence-electron chi connectivity index (χ4n) is 4.99. The topological polar surface area (TPSA) is 118 Å². The van der Waals surface area contributed by atoms with Crippen molar-refractivity contribution >= 4 is 22.8 Å². The minimum atomic E-state index is -0.447. The van der Waals surface area contributed by atoms with Crippen LogP contribution in [0.1, 0.15) is 55.0 Å². The number of benzene rings is 3. The molecule has 4 aromatic rings. The zero-order valence-electron chi connectivity index (χ0n) is 22.4. The van der Waals surface area contributed by atoms with Gasteiger partial charge >= 0.3 is 0 Å². The van der Waals surface area contributed by atoms with E-state index in [4.69, 9.17) is 19.2 Å². The number of fused-ring (bicyclic) bond motifs is 1. The molecule has 1 aromatic heterocycles. The van der Waals surface area contributed by atoms with Gasteiger partial charge in [0, 0.05) is 23.6 Å². The molecule has 0 amide bonds. The zero-order valence-corrected chi connectivity index (χ0v) is 22.4. The van der Waals surface area contributed by atoms with Crippen molar-refractivity contribution in [1.29, 1.82) is 0 Å². The second-order valence-electron chi connectivity index (χ2n) is 9.65. The van der Waals surface area contributed by atoms with Crippen LogP contribution in [-0.4, -0.2) is 35.0 Å². The molecule has 0 bridgehead atoms. The summed E-state index contributed by atoms with van der Waals surface area (Å²) in [5.41, 5.74) is 1.88. The third kappa shape index (κ3) is 5.66. The van der Waals surface area contributed by atoms with Crippen LogP contribution in [0.2, 0.25) is 0 Å². The largest absolute Gasteiger partial charge is 0.493 e. The molecule has 5 rings (SSSR count). The van der Waals surface area contributed by atoms with Crippen molar-refractivity contribution in [2.75, 3.05) is 14.2 Å². The Morgan fingerprint density at radius 1 is 1.02 bits per heavy atom. The van der Waals surface area contributed by atoms with Crippen LogP contribution < -0.4 is 19.8 Å². The Labute approximate surface area is 231 Å². The lowest BCUT2D eigenvalue weighted by Gasteiger charge is -2.22. The first kappa shape index (κ1) is 26.9. The van der Waals surface area contributed by atoms with Crippen LogP contribution >= 0.6 is 0 Å². The summed E-state index contributed by atoms with van der Waals surface area (Å²) in [6.07, 6.45) is 6.94. The molecule has 10 nitrogen and oxygen atoms in total. The lowest BCUT2D eigenvalue weighted by molar-refractivity contribution is -0.384. The highest BCUT2D eigenvalue weighted by molar-refractivity contribution is 5.83. The smallest absolute Gasteiger partial charge is 0.282 e. The van der Waals surface area contributed by atoms with E-state index in [-0.39, 0.29) is 23.8 Å². The van der Waals surface area contributed by atoms with Gasteiger partial charge in [0.1, 0.15) is 12.4 Å². The van der Waals surface area contributed by atoms with E-state index < -0.39 is 4.92 Å². The van der Waals surface area contributed by atoms with Gasteiger partial charge in [0.15, 0.2) is 11.5 Å². The molecule has 206 valence electrons. The first-order valence-electron chi connectivity index (χ1n) is 13.2. The van der Waals surface area contributed by atoms with Gasteiger partial charge in [-0.25, -0.2) is 4.98 Å². The van der Waals surface area contributed by atoms with Gasteiger partial charge in [-0.1, -0.05) is 31.4 Å². The van der Waals surface area contributed by atoms with Gasteiger partial charge in [-0.05, 0) is 54.8 Å². The van der Waals surface area contributed by atoms with E-state index in [0.29, 0.717) is 39.5 Å². The SMILES string of the molecule is COc1cc(C=Nn2c(C3CCCCC3)nc3ccccc3c2=O)cc(OC)c1OCc1ccc([N+](=O)[O-])cc1. The van der Waals surface area contributed by atoms with Crippen LogP contribution in [0.3, 0.4) is 0 Å². The summed E-state index contributed by atoms with van der Waals surface area (Å²) >= 11 is 0. The van der Waals surface area contributed by atoms with Crippen molar-refractivity contribution < 1.29 is 19.1 Å². The van der Waals surface area contributed by atoms with Crippen LogP contribution in [0.25, 0.3) is 10.9 Å². The van der Waals surface area contributed by atoms with Gasteiger partial charge in [-0.15, -0.1) is 0 Å². The van der Waals surface area contributed by atoms with Crippen molar-refractivity contribution in [2.45, 2.75) is 44.6 Å². The molecule has 1 aliphatic rings. The number of ether oxygens (including phenoxy) is 3. The van der Waals surface area contributed by atoms with Gasteiger partial charge in [0.2, 0.25) is 5.75 Å². The third-order valence-electron chi connectivity index (χ3n) is 7.08. The Balaban J connectivity index is 1.47. The Morgan fingerprint density at radius 3 is 2.35 bits per heavy atom. The van der Waals surface area contributed by atoms with Crippen molar-refractivity contribution in [3.8, 4) is 17.2 Å². The van der Waals surface area contributed by atoms with E-state index in [1.165, 1.54) is 37.4 Å². The molecule has 1 aliphatic carbocycles. The second kappa shape index (κ2) is 12.0. The average Bonchev–Trinajstić information content (AvgIpc) is 2.99. The maximum absolute atomic E-state index is 13.5. The van der Waals surface area contributed by atoms with Crippen LogP contribution in [0.15, 0.2) is 70.6 Å². The minimum absolute atomic E-state index is 0.00918. The molecule has 1 fully saturated rings. The highest BCUT2D eigenvalue weighted by Gasteiger charge is 2.22. The molecule has 0 radical (unpaired) electrons. The molecule has 40 heavy (non-hydrogen) atoms. The molecule has 0 saturated heterocycles. The van der Waals surface area contributed by atoms with Crippen LogP contribution in [-0.2, 0) is 6.61 Å². The van der Waals surface area contributed by atoms with Gasteiger partial charge in [0.05, 0.1) is 36.3 Å². The Kier molecular flexibility index (Phi) is 8.04. The molecule has 0 spiro atoms. The zero-order chi connectivity index (χ0) is 28.1. The van der Waals surface area contributed by atoms with Crippen LogP contribution in [0.4, 0.5) is 5.69 Å². The monoisotopic (exact) mass is 542 g/mol. The predicted octanol–water partition coefficient (Wildman–Crippen LogP) is 5.83. The molecular formula is C30H30N4O6. The standard InChI is InChI=1S/C30H30N4O6/c1-38-26-16-21(17-27(39-2)28(26)40-19-20-12-14-23(15-13-20)34(36)37)18-31-33-29(22-8-4-3-5-9-22)32-25-11-7-6-10-24(25)30(33)35/h6-7,10-18,22H,3-5,8-9,19H2,1-2H3. The Morgan fingerprint density at radius 2 is 1.70 bits per heavy atom. The number of nitrogens with zero attached hydrogens (tertiary/aromatic N) is 4. The Hall–Kier alpha value is -4.73. The number of nitro benzene ring substituents is 1. The molecule has 0 aliphatic heterocycles. The first-order valence-corrected chi connectivity index (χ1v) is 13.2. The molecule has 1 heterocycles. The average molecular weight is 543 g/mol. The van der Waals surface area contributed by atoms with Crippen molar-refractivity contribution in [3.05, 3.63) is 98.1 Å². The second-order valence-corrected chi connectivity index (χ2v) is 9.65. The fourth-order valence-corrected chi connectivity index (χ4v) is 4.99. The third-order valence-corrected chi connectivity index (χ3v) is 7.08. The highest BCUT2D eigenvalue weighted by Crippen LogP contribution is 2.39. The van der Waals surface area contributed by atoms with Crippen molar-refractivity contribution in [3.63, 3.8) is 0 Å². The van der Waals surface area contributed by atoms with Gasteiger partial charge in [-0.3, -0.25) is 14.9 Å². The number of nitro groups is 1. The molecule has 0 N–H and O–H groups in total. The molecule has 0 atom stereocenters. The van der Waals surface area contributed by atoms with Gasteiger partial charge in [0.25, 0.3) is 11.2 Å². The van der Waals surface area contributed by atoms with Crippen molar-refractivity contribution in [2.24, 2.45) is 5.10 Å². The summed E-state index contributed by atoms with van der Waals surface area (Å²) in [6.45, 7) is 0.154. The van der Waals surface area contributed by atoms with E-state index in [2.05, 4.69) is 5.10 Å². The van der Waals surface area contributed by atoms with Crippen molar-refractivity contribution in [1.82, 2.24) is 9.66 Å². The lowest BCUT2D eigenvalue weighted by atomic mass is 9.88. The number of hydrogen-bond acceptors (Lipinski definition) is 8. The molecule has 3 aromatic carbocycles. The minimum Gasteiger partial charge on any atom is -0.493 e. The molecule has 0 unspecified atom stereocenters. The molecule has 10 heteroatoms. The quantitative estimate of drug-likeness (QED) is 0.148. The summed E-state index contributed by atoms with van der Waals surface area (Å²) < 4.78 is 18.6. The maximum Gasteiger partial charge on any atom is 0.282 e. The van der Waals surface area contributed by atoms with E-state index >= 15 is 0 Å². The number of rotatable bonds is 9. The van der Waals surface area contributed by atoms with E-state index in [0.717, 1.165) is 31.2 Å². The number of para-hydroxylation sites is 1.